The highest BCUT2D eigenvalue weighted by molar-refractivity contribution is 5.96. The number of rotatable bonds is 8. The number of carbonyl (C=O) groups excluding carboxylic acids is 2. The van der Waals surface area contributed by atoms with E-state index in [1.54, 1.807) is 4.90 Å². The molecule has 1 saturated heterocycles. The topological polar surface area (TPSA) is 52.7 Å². The molecular formula is C21H31N3O2. The summed E-state index contributed by atoms with van der Waals surface area (Å²) < 4.78 is 0. The molecular weight excluding hydrogens is 326 g/mol. The van der Waals surface area contributed by atoms with Crippen molar-refractivity contribution in [2.45, 2.75) is 26.7 Å². The Morgan fingerprint density at radius 3 is 2.46 bits per heavy atom. The molecule has 2 rings (SSSR count). The second-order valence-corrected chi connectivity index (χ2v) is 7.20. The van der Waals surface area contributed by atoms with Gasteiger partial charge in [-0.05, 0) is 17.9 Å². The van der Waals surface area contributed by atoms with Gasteiger partial charge in [0.2, 0.25) is 11.8 Å². The van der Waals surface area contributed by atoms with Crippen molar-refractivity contribution in [3.63, 3.8) is 0 Å². The lowest BCUT2D eigenvalue weighted by atomic mass is 10.1. The van der Waals surface area contributed by atoms with E-state index in [2.05, 4.69) is 48.3 Å². The molecule has 142 valence electrons. The van der Waals surface area contributed by atoms with Gasteiger partial charge < -0.3 is 10.2 Å². The van der Waals surface area contributed by atoms with Crippen LogP contribution in [0.3, 0.4) is 0 Å². The third-order valence-electron chi connectivity index (χ3n) is 4.55. The molecule has 1 aliphatic rings. The van der Waals surface area contributed by atoms with Crippen LogP contribution in [0.5, 0.6) is 0 Å². The van der Waals surface area contributed by atoms with Crippen LogP contribution in [0.15, 0.2) is 36.4 Å². The quantitative estimate of drug-likeness (QED) is 0.727. The average molecular weight is 357 g/mol. The minimum absolute atomic E-state index is 0.0357. The zero-order valence-electron chi connectivity index (χ0n) is 16.0. The van der Waals surface area contributed by atoms with Crippen LogP contribution < -0.4 is 5.32 Å². The van der Waals surface area contributed by atoms with Gasteiger partial charge in [-0.2, -0.15) is 0 Å². The first kappa shape index (κ1) is 20.2. The molecule has 0 radical (unpaired) electrons. The molecule has 0 spiro atoms. The predicted octanol–water partition coefficient (Wildman–Crippen LogP) is 2.40. The average Bonchev–Trinajstić information content (AvgIpc) is 2.63. The standard InChI is InChI=1S/C21H31N3O2/c1-18(2)10-11-22-20(25)17-21(26)24-15-13-23(14-16-24)12-6-9-19-7-4-3-5-8-19/h3-9,18H,10-17H2,1-2H3,(H,22,25)/b9-6+. The van der Waals surface area contributed by atoms with E-state index in [1.807, 2.05) is 18.2 Å². The third kappa shape index (κ3) is 7.40. The Hall–Kier alpha value is -2.14. The highest BCUT2D eigenvalue weighted by atomic mass is 16.2. The van der Waals surface area contributed by atoms with E-state index in [0.717, 1.165) is 26.1 Å². The summed E-state index contributed by atoms with van der Waals surface area (Å²) in [5, 5.41) is 2.83. The van der Waals surface area contributed by atoms with E-state index >= 15 is 0 Å². The molecule has 0 bridgehead atoms. The Labute approximate surface area is 157 Å². The van der Waals surface area contributed by atoms with Gasteiger partial charge >= 0.3 is 0 Å². The number of benzene rings is 1. The Balaban J connectivity index is 1.65. The van der Waals surface area contributed by atoms with E-state index in [0.29, 0.717) is 25.6 Å². The van der Waals surface area contributed by atoms with Crippen molar-refractivity contribution >= 4 is 17.9 Å². The van der Waals surface area contributed by atoms with Gasteiger partial charge in [-0.1, -0.05) is 56.3 Å². The fourth-order valence-corrected chi connectivity index (χ4v) is 2.89. The second-order valence-electron chi connectivity index (χ2n) is 7.20. The maximum atomic E-state index is 12.2. The second kappa shape index (κ2) is 10.8. The Morgan fingerprint density at radius 2 is 1.81 bits per heavy atom. The lowest BCUT2D eigenvalue weighted by Gasteiger charge is -2.34. The summed E-state index contributed by atoms with van der Waals surface area (Å²) >= 11 is 0. The lowest BCUT2D eigenvalue weighted by Crippen LogP contribution is -2.49. The number of hydrogen-bond acceptors (Lipinski definition) is 3. The molecule has 1 N–H and O–H groups in total. The molecule has 1 aromatic carbocycles. The fraction of sp³-hybridized carbons (Fsp3) is 0.524. The van der Waals surface area contributed by atoms with Crippen LogP contribution in [0.25, 0.3) is 6.08 Å². The molecule has 0 unspecified atom stereocenters. The van der Waals surface area contributed by atoms with Gasteiger partial charge in [0.25, 0.3) is 0 Å². The maximum Gasteiger partial charge on any atom is 0.232 e. The molecule has 26 heavy (non-hydrogen) atoms. The van der Waals surface area contributed by atoms with E-state index in [-0.39, 0.29) is 18.2 Å². The number of piperazine rings is 1. The van der Waals surface area contributed by atoms with E-state index < -0.39 is 0 Å². The van der Waals surface area contributed by atoms with Crippen molar-refractivity contribution in [3.8, 4) is 0 Å². The molecule has 1 aromatic rings. The zero-order chi connectivity index (χ0) is 18.8. The smallest absolute Gasteiger partial charge is 0.232 e. The molecule has 1 heterocycles. The van der Waals surface area contributed by atoms with Gasteiger partial charge in [0, 0.05) is 39.3 Å². The van der Waals surface area contributed by atoms with Crippen LogP contribution in [-0.4, -0.2) is 60.9 Å². The summed E-state index contributed by atoms with van der Waals surface area (Å²) in [5.74, 6) is 0.324. The zero-order valence-corrected chi connectivity index (χ0v) is 16.0. The summed E-state index contributed by atoms with van der Waals surface area (Å²) in [6.45, 7) is 8.84. The van der Waals surface area contributed by atoms with Gasteiger partial charge in [-0.3, -0.25) is 14.5 Å². The first-order chi connectivity index (χ1) is 12.5. The fourth-order valence-electron chi connectivity index (χ4n) is 2.89. The molecule has 1 fully saturated rings. The molecule has 0 atom stereocenters. The van der Waals surface area contributed by atoms with Crippen molar-refractivity contribution in [1.29, 1.82) is 0 Å². The van der Waals surface area contributed by atoms with Crippen molar-refractivity contribution in [1.82, 2.24) is 15.1 Å². The highest BCUT2D eigenvalue weighted by Crippen LogP contribution is 2.06. The monoisotopic (exact) mass is 357 g/mol. The normalized spacial score (nSPS) is 15.6. The highest BCUT2D eigenvalue weighted by Gasteiger charge is 2.22. The van der Waals surface area contributed by atoms with Gasteiger partial charge in [0.05, 0.1) is 0 Å². The summed E-state index contributed by atoms with van der Waals surface area (Å²) in [6, 6.07) is 10.2. The molecule has 2 amide bonds. The largest absolute Gasteiger partial charge is 0.356 e. The summed E-state index contributed by atoms with van der Waals surface area (Å²) in [7, 11) is 0. The van der Waals surface area contributed by atoms with Gasteiger partial charge in [0.15, 0.2) is 0 Å². The number of nitrogens with zero attached hydrogens (tertiary/aromatic N) is 2. The predicted molar refractivity (Wildman–Crippen MR) is 106 cm³/mol. The first-order valence-corrected chi connectivity index (χ1v) is 9.53. The van der Waals surface area contributed by atoms with Crippen molar-refractivity contribution in [2.75, 3.05) is 39.3 Å². The van der Waals surface area contributed by atoms with Crippen LogP contribution in [0.4, 0.5) is 0 Å². The minimum Gasteiger partial charge on any atom is -0.356 e. The third-order valence-corrected chi connectivity index (χ3v) is 4.55. The molecule has 5 nitrogen and oxygen atoms in total. The van der Waals surface area contributed by atoms with Gasteiger partial charge in [-0.25, -0.2) is 0 Å². The summed E-state index contributed by atoms with van der Waals surface area (Å²) in [6.07, 6.45) is 5.19. The van der Waals surface area contributed by atoms with E-state index in [9.17, 15) is 9.59 Å². The lowest BCUT2D eigenvalue weighted by molar-refractivity contribution is -0.137. The Bertz CT molecular complexity index is 591. The van der Waals surface area contributed by atoms with Crippen LogP contribution >= 0.6 is 0 Å². The van der Waals surface area contributed by atoms with E-state index in [1.165, 1.54) is 5.56 Å². The number of amides is 2. The van der Waals surface area contributed by atoms with Crippen LogP contribution in [0, 0.1) is 5.92 Å². The Morgan fingerprint density at radius 1 is 1.12 bits per heavy atom. The van der Waals surface area contributed by atoms with Crippen molar-refractivity contribution in [3.05, 3.63) is 42.0 Å². The maximum absolute atomic E-state index is 12.2. The van der Waals surface area contributed by atoms with Crippen LogP contribution in [-0.2, 0) is 9.59 Å². The molecule has 0 aromatic heterocycles. The molecule has 1 aliphatic heterocycles. The van der Waals surface area contributed by atoms with Crippen molar-refractivity contribution in [2.24, 2.45) is 5.92 Å². The summed E-state index contributed by atoms with van der Waals surface area (Å²) in [5.41, 5.74) is 1.20. The van der Waals surface area contributed by atoms with Gasteiger partial charge in [-0.15, -0.1) is 0 Å². The van der Waals surface area contributed by atoms with Crippen molar-refractivity contribution < 1.29 is 9.59 Å². The molecule has 5 heteroatoms. The summed E-state index contributed by atoms with van der Waals surface area (Å²) in [4.78, 5) is 28.2. The first-order valence-electron chi connectivity index (χ1n) is 9.53. The minimum atomic E-state index is -0.163. The Kier molecular flexibility index (Phi) is 8.35. The van der Waals surface area contributed by atoms with Crippen LogP contribution in [0.1, 0.15) is 32.3 Å². The molecule has 0 saturated carbocycles. The number of hydrogen-bond donors (Lipinski definition) is 1. The number of nitrogens with one attached hydrogen (secondary N) is 1. The molecule has 0 aliphatic carbocycles. The van der Waals surface area contributed by atoms with E-state index in [4.69, 9.17) is 0 Å². The van der Waals surface area contributed by atoms with Crippen LogP contribution in [0.2, 0.25) is 0 Å². The van der Waals surface area contributed by atoms with Gasteiger partial charge in [0.1, 0.15) is 6.42 Å². The SMILES string of the molecule is CC(C)CCNC(=O)CC(=O)N1CCN(C/C=C/c2ccccc2)CC1. The number of carbonyl (C=O) groups is 2.